The van der Waals surface area contributed by atoms with Crippen LogP contribution in [0.1, 0.15) is 24.2 Å². The summed E-state index contributed by atoms with van der Waals surface area (Å²) in [4.78, 5) is 25.9. The average molecular weight is 314 g/mol. The summed E-state index contributed by atoms with van der Waals surface area (Å²) in [5.41, 5.74) is -0.581. The molecule has 2 rings (SSSR count). The van der Waals surface area contributed by atoms with Crippen molar-refractivity contribution in [1.82, 2.24) is 0 Å². The van der Waals surface area contributed by atoms with Gasteiger partial charge in [0, 0.05) is 10.5 Å². The number of methoxy groups -OCH3 is 1. The summed E-state index contributed by atoms with van der Waals surface area (Å²) in [5.74, 6) is 0.489. The van der Waals surface area contributed by atoms with Gasteiger partial charge in [0.1, 0.15) is 5.75 Å². The Morgan fingerprint density at radius 1 is 0.955 bits per heavy atom. The fraction of sp³-hybridized carbons (Fsp3) is 0.222. The van der Waals surface area contributed by atoms with Gasteiger partial charge in [-0.05, 0) is 50.2 Å². The van der Waals surface area contributed by atoms with Gasteiger partial charge in [0.25, 0.3) is 0 Å². The lowest BCUT2D eigenvalue weighted by Crippen LogP contribution is -2.31. The van der Waals surface area contributed by atoms with Crippen LogP contribution in [0.3, 0.4) is 0 Å². The topological polar surface area (TPSA) is 43.4 Å². The normalized spacial score (nSPS) is 11.0. The van der Waals surface area contributed by atoms with Crippen LogP contribution in [0.4, 0.5) is 0 Å². The lowest BCUT2D eigenvalue weighted by Gasteiger charge is -2.21. The molecule has 0 N–H and O–H groups in total. The molecule has 0 unspecified atom stereocenters. The number of benzene rings is 2. The van der Waals surface area contributed by atoms with Gasteiger partial charge >= 0.3 is 0 Å². The second-order valence-electron chi connectivity index (χ2n) is 5.39. The molecule has 2 aromatic carbocycles. The Labute approximate surface area is 134 Å². The maximum absolute atomic E-state index is 12.6. The molecule has 0 aliphatic heterocycles. The summed E-state index contributed by atoms with van der Waals surface area (Å²) in [7, 11) is 1.57. The summed E-state index contributed by atoms with van der Waals surface area (Å²) >= 11 is 1.10. The van der Waals surface area contributed by atoms with E-state index in [-0.39, 0.29) is 10.9 Å². The molecule has 2 aromatic rings. The van der Waals surface area contributed by atoms with Crippen LogP contribution in [0.5, 0.6) is 5.75 Å². The van der Waals surface area contributed by atoms with Crippen molar-refractivity contribution in [2.75, 3.05) is 7.11 Å². The zero-order chi connectivity index (χ0) is 16.2. The first kappa shape index (κ1) is 16.3. The lowest BCUT2D eigenvalue weighted by molar-refractivity contribution is -0.116. The van der Waals surface area contributed by atoms with E-state index in [1.807, 2.05) is 30.3 Å². The summed E-state index contributed by atoms with van der Waals surface area (Å²) in [5, 5.41) is -0.167. The lowest BCUT2D eigenvalue weighted by atomic mass is 9.85. The minimum Gasteiger partial charge on any atom is -0.497 e. The number of rotatable bonds is 5. The number of carbonyl (C=O) groups is 2. The first-order chi connectivity index (χ1) is 10.4. The zero-order valence-corrected chi connectivity index (χ0v) is 13.6. The molecule has 0 spiro atoms. The van der Waals surface area contributed by atoms with Crippen molar-refractivity contribution in [3.8, 4) is 5.75 Å². The van der Waals surface area contributed by atoms with E-state index >= 15 is 0 Å². The van der Waals surface area contributed by atoms with E-state index in [9.17, 15) is 9.59 Å². The molecule has 0 bridgehead atoms. The zero-order valence-electron chi connectivity index (χ0n) is 12.8. The van der Waals surface area contributed by atoms with Crippen LogP contribution in [-0.4, -0.2) is 18.0 Å². The van der Waals surface area contributed by atoms with Crippen LogP contribution in [-0.2, 0) is 4.79 Å². The Balaban J connectivity index is 2.17. The number of ether oxygens (including phenoxy) is 1. The van der Waals surface area contributed by atoms with Gasteiger partial charge in [-0.2, -0.15) is 0 Å². The molecule has 0 radical (unpaired) electrons. The monoisotopic (exact) mass is 314 g/mol. The molecule has 0 amide bonds. The molecule has 114 valence electrons. The van der Waals surface area contributed by atoms with Crippen LogP contribution in [0, 0.1) is 5.41 Å². The fourth-order valence-electron chi connectivity index (χ4n) is 1.92. The van der Waals surface area contributed by atoms with E-state index < -0.39 is 5.41 Å². The molecule has 0 saturated heterocycles. The molecule has 0 heterocycles. The molecule has 0 aromatic heterocycles. The smallest absolute Gasteiger partial charge is 0.207 e. The molecule has 4 heteroatoms. The van der Waals surface area contributed by atoms with E-state index in [0.29, 0.717) is 11.3 Å². The second-order valence-corrected chi connectivity index (χ2v) is 6.43. The standard InChI is InChI=1S/C18H18O3S/c1-18(2,17(20)22-15-7-5-4-6-8-15)16(19)13-9-11-14(21-3)12-10-13/h4-12H,1-3H3. The van der Waals surface area contributed by atoms with Gasteiger partial charge in [-0.1, -0.05) is 30.0 Å². The van der Waals surface area contributed by atoms with Crippen molar-refractivity contribution in [3.63, 3.8) is 0 Å². The van der Waals surface area contributed by atoms with Crippen molar-refractivity contribution in [2.45, 2.75) is 18.7 Å². The number of thioether (sulfide) groups is 1. The Bertz CT molecular complexity index is 660. The van der Waals surface area contributed by atoms with Crippen LogP contribution >= 0.6 is 11.8 Å². The molecule has 0 fully saturated rings. The van der Waals surface area contributed by atoms with Gasteiger partial charge in [0.2, 0.25) is 5.12 Å². The van der Waals surface area contributed by atoms with E-state index in [4.69, 9.17) is 4.74 Å². The summed E-state index contributed by atoms with van der Waals surface area (Å²) in [6.07, 6.45) is 0. The minimum absolute atomic E-state index is 0.167. The Morgan fingerprint density at radius 3 is 2.09 bits per heavy atom. The van der Waals surface area contributed by atoms with E-state index in [0.717, 1.165) is 16.7 Å². The van der Waals surface area contributed by atoms with Crippen molar-refractivity contribution in [3.05, 3.63) is 60.2 Å². The predicted octanol–water partition coefficient (Wildman–Crippen LogP) is 4.22. The van der Waals surface area contributed by atoms with Crippen LogP contribution < -0.4 is 4.74 Å². The Morgan fingerprint density at radius 2 is 1.55 bits per heavy atom. The summed E-state index contributed by atoms with van der Waals surface area (Å²) < 4.78 is 5.08. The third kappa shape index (κ3) is 3.57. The van der Waals surface area contributed by atoms with Gasteiger partial charge < -0.3 is 4.74 Å². The van der Waals surface area contributed by atoms with Crippen molar-refractivity contribution < 1.29 is 14.3 Å². The van der Waals surface area contributed by atoms with Crippen molar-refractivity contribution in [2.24, 2.45) is 5.41 Å². The quantitative estimate of drug-likeness (QED) is 0.471. The van der Waals surface area contributed by atoms with Crippen molar-refractivity contribution in [1.29, 1.82) is 0 Å². The van der Waals surface area contributed by atoms with Crippen LogP contribution in [0.2, 0.25) is 0 Å². The summed E-state index contributed by atoms with van der Waals surface area (Å²) in [6, 6.07) is 16.2. The third-order valence-electron chi connectivity index (χ3n) is 3.38. The predicted molar refractivity (Wildman–Crippen MR) is 88.4 cm³/mol. The molecular formula is C18H18O3S. The van der Waals surface area contributed by atoms with Crippen molar-refractivity contribution >= 4 is 22.7 Å². The Kier molecular flexibility index (Phi) is 5.03. The highest BCUT2D eigenvalue weighted by molar-refractivity contribution is 8.13. The molecule has 0 aliphatic rings. The first-order valence-electron chi connectivity index (χ1n) is 6.91. The number of ketones is 1. The Hall–Kier alpha value is -2.07. The number of hydrogen-bond acceptors (Lipinski definition) is 4. The largest absolute Gasteiger partial charge is 0.497 e. The SMILES string of the molecule is COc1ccc(C(=O)C(C)(C)C(=O)Sc2ccccc2)cc1. The van der Waals surface area contributed by atoms with E-state index in [2.05, 4.69) is 0 Å². The van der Waals surface area contributed by atoms with Crippen LogP contribution in [0.15, 0.2) is 59.5 Å². The second kappa shape index (κ2) is 6.79. The molecular weight excluding hydrogens is 296 g/mol. The van der Waals surface area contributed by atoms with Gasteiger partial charge in [0.05, 0.1) is 12.5 Å². The first-order valence-corrected chi connectivity index (χ1v) is 7.73. The van der Waals surface area contributed by atoms with E-state index in [1.54, 1.807) is 45.2 Å². The maximum atomic E-state index is 12.6. The molecule has 0 atom stereocenters. The summed E-state index contributed by atoms with van der Waals surface area (Å²) in [6.45, 7) is 3.33. The minimum atomic E-state index is -1.09. The van der Waals surface area contributed by atoms with Gasteiger partial charge in [-0.25, -0.2) is 0 Å². The molecule has 3 nitrogen and oxygen atoms in total. The number of carbonyl (C=O) groups excluding carboxylic acids is 2. The number of Topliss-reactive ketones (excluding diaryl/α,β-unsaturated/α-hetero) is 1. The molecule has 0 aliphatic carbocycles. The number of hydrogen-bond donors (Lipinski definition) is 0. The van der Waals surface area contributed by atoms with Gasteiger partial charge in [0.15, 0.2) is 5.78 Å². The fourth-order valence-corrected chi connectivity index (χ4v) is 2.77. The molecule has 0 saturated carbocycles. The van der Waals surface area contributed by atoms with E-state index in [1.165, 1.54) is 0 Å². The highest BCUT2D eigenvalue weighted by Crippen LogP contribution is 2.32. The highest BCUT2D eigenvalue weighted by atomic mass is 32.2. The van der Waals surface area contributed by atoms with Crippen LogP contribution in [0.25, 0.3) is 0 Å². The molecule has 22 heavy (non-hydrogen) atoms. The highest BCUT2D eigenvalue weighted by Gasteiger charge is 2.36. The third-order valence-corrected chi connectivity index (χ3v) is 4.59. The van der Waals surface area contributed by atoms with Gasteiger partial charge in [-0.15, -0.1) is 0 Å². The van der Waals surface area contributed by atoms with Gasteiger partial charge in [-0.3, -0.25) is 9.59 Å². The average Bonchev–Trinajstić information content (AvgIpc) is 2.55. The maximum Gasteiger partial charge on any atom is 0.207 e.